The predicted molar refractivity (Wildman–Crippen MR) is 93.0 cm³/mol. The van der Waals surface area contributed by atoms with Gasteiger partial charge in [0, 0.05) is 25.4 Å². The minimum atomic E-state index is -0.581. The van der Waals surface area contributed by atoms with Crippen molar-refractivity contribution in [3.05, 3.63) is 46.3 Å². The van der Waals surface area contributed by atoms with Crippen molar-refractivity contribution in [2.75, 3.05) is 31.2 Å². The monoisotopic (exact) mass is 346 g/mol. The van der Waals surface area contributed by atoms with Gasteiger partial charge < -0.3 is 14.4 Å². The lowest BCUT2D eigenvalue weighted by molar-refractivity contribution is -0.385. The number of ether oxygens (including phenoxy) is 2. The molecule has 134 valence electrons. The molecule has 1 unspecified atom stereocenters. The first-order valence-corrected chi connectivity index (χ1v) is 8.23. The molecule has 1 aromatic heterocycles. The molecule has 25 heavy (non-hydrogen) atoms. The molecule has 1 aliphatic heterocycles. The number of nitro benzene ring substituents is 1. The van der Waals surface area contributed by atoms with Gasteiger partial charge >= 0.3 is 5.69 Å². The van der Waals surface area contributed by atoms with Crippen LogP contribution < -0.4 is 9.64 Å². The number of para-hydroxylation sites is 1. The molecule has 3 rings (SSSR count). The average molecular weight is 346 g/mol. The zero-order valence-electron chi connectivity index (χ0n) is 14.6. The van der Waals surface area contributed by atoms with Gasteiger partial charge in [-0.05, 0) is 26.0 Å². The van der Waals surface area contributed by atoms with Crippen LogP contribution in [0.15, 0.2) is 30.6 Å². The summed E-state index contributed by atoms with van der Waals surface area (Å²) < 4.78 is 13.2. The smallest absolute Gasteiger partial charge is 0.333 e. The Hall–Kier alpha value is -2.61. The number of hydrogen-bond donors (Lipinski definition) is 0. The Morgan fingerprint density at radius 3 is 2.92 bits per heavy atom. The summed E-state index contributed by atoms with van der Waals surface area (Å²) in [6, 6.07) is 5.17. The second kappa shape index (κ2) is 6.72. The van der Waals surface area contributed by atoms with E-state index in [1.807, 2.05) is 32.0 Å². The van der Waals surface area contributed by atoms with E-state index in [0.29, 0.717) is 37.7 Å². The van der Waals surface area contributed by atoms with Crippen LogP contribution >= 0.6 is 0 Å². The lowest BCUT2D eigenvalue weighted by Gasteiger charge is -2.41. The zero-order valence-corrected chi connectivity index (χ0v) is 14.6. The van der Waals surface area contributed by atoms with Gasteiger partial charge in [-0.25, -0.2) is 0 Å². The summed E-state index contributed by atoms with van der Waals surface area (Å²) in [5.41, 5.74) is 0.916. The van der Waals surface area contributed by atoms with Gasteiger partial charge in [0.1, 0.15) is 11.3 Å². The Balaban J connectivity index is 1.96. The Morgan fingerprint density at radius 1 is 1.48 bits per heavy atom. The van der Waals surface area contributed by atoms with Crippen LogP contribution in [0.5, 0.6) is 5.75 Å². The van der Waals surface area contributed by atoms with Gasteiger partial charge in [-0.3, -0.25) is 14.8 Å². The van der Waals surface area contributed by atoms with Crippen LogP contribution in [0.2, 0.25) is 0 Å². The molecule has 1 saturated heterocycles. The quantitative estimate of drug-likeness (QED) is 0.611. The van der Waals surface area contributed by atoms with E-state index < -0.39 is 5.60 Å². The topological polar surface area (TPSA) is 82.7 Å². The third-order valence-corrected chi connectivity index (χ3v) is 4.39. The van der Waals surface area contributed by atoms with Gasteiger partial charge in [-0.2, -0.15) is 5.10 Å². The van der Waals surface area contributed by atoms with Crippen LogP contribution in [0.4, 0.5) is 11.4 Å². The summed E-state index contributed by atoms with van der Waals surface area (Å²) in [5.74, 6) is 0.291. The fraction of sp³-hybridized carbons (Fsp3) is 0.471. The third-order valence-electron chi connectivity index (χ3n) is 4.39. The molecule has 1 atom stereocenters. The van der Waals surface area contributed by atoms with Gasteiger partial charge in [0.05, 0.1) is 30.9 Å². The minimum Gasteiger partial charge on any atom is -0.487 e. The van der Waals surface area contributed by atoms with Crippen molar-refractivity contribution >= 4 is 11.4 Å². The molecule has 0 N–H and O–H groups in total. The summed E-state index contributed by atoms with van der Waals surface area (Å²) in [7, 11) is 1.85. The Kier molecular flexibility index (Phi) is 4.63. The van der Waals surface area contributed by atoms with Gasteiger partial charge in [-0.1, -0.05) is 6.07 Å². The highest BCUT2D eigenvalue weighted by atomic mass is 16.6. The maximum Gasteiger partial charge on any atom is 0.333 e. The van der Waals surface area contributed by atoms with Crippen molar-refractivity contribution in [2.24, 2.45) is 7.05 Å². The largest absolute Gasteiger partial charge is 0.487 e. The van der Waals surface area contributed by atoms with Gasteiger partial charge in [-0.15, -0.1) is 0 Å². The zero-order chi connectivity index (χ0) is 18.0. The predicted octanol–water partition coefficient (Wildman–Crippen LogP) is 2.48. The highest BCUT2D eigenvalue weighted by Gasteiger charge is 2.37. The van der Waals surface area contributed by atoms with Crippen molar-refractivity contribution in [3.63, 3.8) is 0 Å². The summed E-state index contributed by atoms with van der Waals surface area (Å²) in [6.07, 6.45) is 3.68. The Labute approximate surface area is 146 Å². The van der Waals surface area contributed by atoms with E-state index in [-0.39, 0.29) is 10.6 Å². The number of hydrogen-bond acceptors (Lipinski definition) is 6. The molecule has 0 bridgehead atoms. The molecule has 8 nitrogen and oxygen atoms in total. The van der Waals surface area contributed by atoms with Crippen molar-refractivity contribution < 1.29 is 14.4 Å². The van der Waals surface area contributed by atoms with E-state index >= 15 is 0 Å². The third kappa shape index (κ3) is 3.30. The number of nitrogens with zero attached hydrogens (tertiary/aromatic N) is 4. The first-order valence-electron chi connectivity index (χ1n) is 8.23. The molecule has 8 heteroatoms. The fourth-order valence-electron chi connectivity index (χ4n) is 3.17. The molecule has 1 aliphatic rings. The van der Waals surface area contributed by atoms with Gasteiger partial charge in [0.25, 0.3) is 0 Å². The molecule has 0 aliphatic carbocycles. The number of morpholine rings is 1. The lowest BCUT2D eigenvalue weighted by atomic mass is 9.96. The number of benzene rings is 1. The van der Waals surface area contributed by atoms with Crippen molar-refractivity contribution in [3.8, 4) is 5.75 Å². The lowest BCUT2D eigenvalue weighted by Crippen LogP contribution is -2.48. The molecular weight excluding hydrogens is 324 g/mol. The first kappa shape index (κ1) is 17.2. The van der Waals surface area contributed by atoms with Crippen LogP contribution in [-0.4, -0.2) is 41.0 Å². The number of aromatic nitrogens is 2. The van der Waals surface area contributed by atoms with Crippen LogP contribution in [0.1, 0.15) is 19.4 Å². The van der Waals surface area contributed by atoms with Gasteiger partial charge in [0.15, 0.2) is 5.75 Å². The second-order valence-electron chi connectivity index (χ2n) is 6.22. The van der Waals surface area contributed by atoms with E-state index in [0.717, 1.165) is 5.56 Å². The van der Waals surface area contributed by atoms with E-state index in [1.54, 1.807) is 29.1 Å². The number of anilines is 1. The standard InChI is InChI=1S/C17H22N4O4/c1-4-24-15-7-5-6-14(16(15)21(22)23)20-8-9-25-17(2,12-20)13-10-18-19(3)11-13/h5-7,10-11H,4,8-9,12H2,1-3H3. The number of rotatable bonds is 5. The highest BCUT2D eigenvalue weighted by molar-refractivity contribution is 5.70. The Bertz CT molecular complexity index is 776. The number of nitro groups is 1. The SMILES string of the molecule is CCOc1cccc(N2CCOC(C)(c3cnn(C)c3)C2)c1[N+](=O)[O-]. The molecule has 0 amide bonds. The minimum absolute atomic E-state index is 0.000198. The normalized spacial score (nSPS) is 20.5. The first-order chi connectivity index (χ1) is 11.9. The Morgan fingerprint density at radius 2 is 2.28 bits per heavy atom. The molecule has 1 aromatic carbocycles. The molecule has 1 fully saturated rings. The molecule has 2 aromatic rings. The maximum atomic E-state index is 11.6. The summed E-state index contributed by atoms with van der Waals surface area (Å²) in [6.45, 7) is 5.71. The van der Waals surface area contributed by atoms with Crippen LogP contribution in [0, 0.1) is 10.1 Å². The fourth-order valence-corrected chi connectivity index (χ4v) is 3.17. The van der Waals surface area contributed by atoms with Crippen LogP contribution in [0.25, 0.3) is 0 Å². The summed E-state index contributed by atoms with van der Waals surface area (Å²) in [5, 5.41) is 15.9. The van der Waals surface area contributed by atoms with Crippen molar-refractivity contribution in [1.29, 1.82) is 0 Å². The van der Waals surface area contributed by atoms with Gasteiger partial charge in [0.2, 0.25) is 0 Å². The molecule has 0 saturated carbocycles. The molecule has 0 spiro atoms. The van der Waals surface area contributed by atoms with E-state index in [2.05, 4.69) is 5.10 Å². The number of aryl methyl sites for hydroxylation is 1. The average Bonchev–Trinajstić information content (AvgIpc) is 3.02. The molecule has 0 radical (unpaired) electrons. The molecule has 2 heterocycles. The van der Waals surface area contributed by atoms with E-state index in [1.165, 1.54) is 0 Å². The summed E-state index contributed by atoms with van der Waals surface area (Å²) in [4.78, 5) is 13.3. The second-order valence-corrected chi connectivity index (χ2v) is 6.22. The van der Waals surface area contributed by atoms with E-state index in [9.17, 15) is 10.1 Å². The van der Waals surface area contributed by atoms with Crippen LogP contribution in [-0.2, 0) is 17.4 Å². The highest BCUT2D eigenvalue weighted by Crippen LogP contribution is 2.40. The van der Waals surface area contributed by atoms with Crippen LogP contribution in [0.3, 0.4) is 0 Å². The maximum absolute atomic E-state index is 11.6. The summed E-state index contributed by atoms with van der Waals surface area (Å²) >= 11 is 0. The van der Waals surface area contributed by atoms with E-state index in [4.69, 9.17) is 9.47 Å². The van der Waals surface area contributed by atoms with Crippen molar-refractivity contribution in [2.45, 2.75) is 19.4 Å². The van der Waals surface area contributed by atoms with Crippen molar-refractivity contribution in [1.82, 2.24) is 9.78 Å². The molecular formula is C17H22N4O4.